The fraction of sp³-hybridized carbons (Fsp3) is 0.222. The third kappa shape index (κ3) is 1.59. The van der Waals surface area contributed by atoms with Gasteiger partial charge in [-0.3, -0.25) is 4.79 Å². The van der Waals surface area contributed by atoms with E-state index < -0.39 is 0 Å². The minimum absolute atomic E-state index is 0.141. The molecule has 0 fully saturated rings. The van der Waals surface area contributed by atoms with E-state index in [0.29, 0.717) is 10.6 Å². The van der Waals surface area contributed by atoms with E-state index in [0.717, 1.165) is 5.56 Å². The Hall–Kier alpha value is -1.02. The molecule has 64 valence electrons. The third-order valence-corrected chi connectivity index (χ3v) is 1.99. The molecule has 0 aliphatic carbocycles. The number of nitrogens with one attached hydrogen (secondary N) is 1. The molecule has 0 aliphatic rings. The molecule has 0 atom stereocenters. The van der Waals surface area contributed by atoms with Crippen LogP contribution >= 0.6 is 11.6 Å². The van der Waals surface area contributed by atoms with Gasteiger partial charge in [0.15, 0.2) is 0 Å². The van der Waals surface area contributed by atoms with Crippen molar-refractivity contribution in [2.75, 3.05) is 7.05 Å². The van der Waals surface area contributed by atoms with Crippen LogP contribution in [0.15, 0.2) is 18.2 Å². The molecular weight excluding hydrogens is 174 g/mol. The Morgan fingerprint density at radius 3 is 2.67 bits per heavy atom. The van der Waals surface area contributed by atoms with Crippen molar-refractivity contribution in [3.8, 4) is 0 Å². The smallest absolute Gasteiger partial charge is 0.252 e. The van der Waals surface area contributed by atoms with Crippen molar-refractivity contribution in [1.82, 2.24) is 5.32 Å². The average Bonchev–Trinajstić information content (AvgIpc) is 2.03. The highest BCUT2D eigenvalue weighted by Gasteiger charge is 2.10. The normalized spacial score (nSPS) is 9.58. The van der Waals surface area contributed by atoms with Gasteiger partial charge in [0.1, 0.15) is 0 Å². The molecule has 0 saturated heterocycles. The monoisotopic (exact) mass is 183 g/mol. The van der Waals surface area contributed by atoms with Gasteiger partial charge in [0, 0.05) is 7.05 Å². The molecule has 3 heteroatoms. The zero-order valence-corrected chi connectivity index (χ0v) is 7.77. The first-order chi connectivity index (χ1) is 5.66. The Kier molecular flexibility index (Phi) is 2.71. The third-order valence-electron chi connectivity index (χ3n) is 1.68. The van der Waals surface area contributed by atoms with Gasteiger partial charge in [-0.2, -0.15) is 0 Å². The van der Waals surface area contributed by atoms with Crippen LogP contribution in [0.4, 0.5) is 0 Å². The molecule has 0 unspecified atom stereocenters. The van der Waals surface area contributed by atoms with E-state index in [9.17, 15) is 4.79 Å². The van der Waals surface area contributed by atoms with Gasteiger partial charge >= 0.3 is 0 Å². The Morgan fingerprint density at radius 2 is 2.17 bits per heavy atom. The second kappa shape index (κ2) is 3.59. The standard InChI is InChI=1S/C9H10ClNO/c1-6-4-3-5-7(10)8(6)9(12)11-2/h3-5H,1-2H3,(H,11,12). The molecule has 0 radical (unpaired) electrons. The Bertz CT molecular complexity index is 289. The summed E-state index contributed by atoms with van der Waals surface area (Å²) in [5.74, 6) is -0.141. The summed E-state index contributed by atoms with van der Waals surface area (Å²) in [6.07, 6.45) is 0. The van der Waals surface area contributed by atoms with E-state index in [2.05, 4.69) is 5.32 Å². The Labute approximate surface area is 76.5 Å². The summed E-state index contributed by atoms with van der Waals surface area (Å²) in [5.41, 5.74) is 1.45. The zero-order valence-electron chi connectivity index (χ0n) is 7.02. The van der Waals surface area contributed by atoms with Gasteiger partial charge in [0.2, 0.25) is 0 Å². The van der Waals surface area contributed by atoms with Gasteiger partial charge in [0.05, 0.1) is 10.6 Å². The van der Waals surface area contributed by atoms with Crippen LogP contribution in [0.3, 0.4) is 0 Å². The van der Waals surface area contributed by atoms with Crippen molar-refractivity contribution in [3.63, 3.8) is 0 Å². The van der Waals surface area contributed by atoms with Crippen molar-refractivity contribution in [3.05, 3.63) is 34.3 Å². The minimum atomic E-state index is -0.141. The summed E-state index contributed by atoms with van der Waals surface area (Å²) in [7, 11) is 1.59. The zero-order chi connectivity index (χ0) is 9.14. The highest BCUT2D eigenvalue weighted by Crippen LogP contribution is 2.18. The molecule has 0 bridgehead atoms. The number of aryl methyl sites for hydroxylation is 1. The van der Waals surface area contributed by atoms with Crippen LogP contribution in [-0.2, 0) is 0 Å². The largest absolute Gasteiger partial charge is 0.355 e. The summed E-state index contributed by atoms with van der Waals surface area (Å²) in [5, 5.41) is 3.03. The minimum Gasteiger partial charge on any atom is -0.355 e. The van der Waals surface area contributed by atoms with Crippen LogP contribution in [0.2, 0.25) is 5.02 Å². The molecule has 1 aromatic rings. The highest BCUT2D eigenvalue weighted by atomic mass is 35.5. The lowest BCUT2D eigenvalue weighted by molar-refractivity contribution is 0.0962. The van der Waals surface area contributed by atoms with Crippen LogP contribution in [0.25, 0.3) is 0 Å². The number of carbonyl (C=O) groups is 1. The van der Waals surface area contributed by atoms with E-state index in [1.807, 2.05) is 19.1 Å². The molecular formula is C9H10ClNO. The van der Waals surface area contributed by atoms with Gasteiger partial charge in [-0.25, -0.2) is 0 Å². The van der Waals surface area contributed by atoms with Crippen LogP contribution in [0, 0.1) is 6.92 Å². The first-order valence-corrected chi connectivity index (χ1v) is 4.02. The Morgan fingerprint density at radius 1 is 1.50 bits per heavy atom. The fourth-order valence-corrected chi connectivity index (χ4v) is 1.35. The molecule has 1 aromatic carbocycles. The lowest BCUT2D eigenvalue weighted by Gasteiger charge is -2.05. The van der Waals surface area contributed by atoms with E-state index in [4.69, 9.17) is 11.6 Å². The molecule has 0 aliphatic heterocycles. The van der Waals surface area contributed by atoms with Crippen LogP contribution < -0.4 is 5.32 Å². The average molecular weight is 184 g/mol. The second-order valence-corrected chi connectivity index (χ2v) is 2.92. The predicted molar refractivity (Wildman–Crippen MR) is 49.6 cm³/mol. The number of halogens is 1. The van der Waals surface area contributed by atoms with E-state index >= 15 is 0 Å². The molecule has 1 N–H and O–H groups in total. The summed E-state index contributed by atoms with van der Waals surface area (Å²) >= 11 is 5.84. The van der Waals surface area contributed by atoms with Gasteiger partial charge in [0.25, 0.3) is 5.91 Å². The molecule has 0 aromatic heterocycles. The maximum absolute atomic E-state index is 11.3. The van der Waals surface area contributed by atoms with Crippen LogP contribution in [0.5, 0.6) is 0 Å². The lowest BCUT2D eigenvalue weighted by atomic mass is 10.1. The number of hydrogen-bond donors (Lipinski definition) is 1. The number of carbonyl (C=O) groups excluding carboxylic acids is 1. The molecule has 0 saturated carbocycles. The van der Waals surface area contributed by atoms with Crippen LogP contribution in [-0.4, -0.2) is 13.0 Å². The van der Waals surface area contributed by atoms with Crippen molar-refractivity contribution < 1.29 is 4.79 Å². The lowest BCUT2D eigenvalue weighted by Crippen LogP contribution is -2.19. The van der Waals surface area contributed by atoms with E-state index in [1.54, 1.807) is 13.1 Å². The fourth-order valence-electron chi connectivity index (χ4n) is 1.04. The highest BCUT2D eigenvalue weighted by molar-refractivity contribution is 6.34. The number of rotatable bonds is 1. The van der Waals surface area contributed by atoms with Crippen molar-refractivity contribution in [1.29, 1.82) is 0 Å². The van der Waals surface area contributed by atoms with Gasteiger partial charge in [-0.1, -0.05) is 23.7 Å². The van der Waals surface area contributed by atoms with Gasteiger partial charge in [-0.05, 0) is 18.6 Å². The first-order valence-electron chi connectivity index (χ1n) is 3.64. The molecule has 0 spiro atoms. The van der Waals surface area contributed by atoms with Crippen molar-refractivity contribution in [2.24, 2.45) is 0 Å². The molecule has 1 rings (SSSR count). The Balaban J connectivity index is 3.21. The van der Waals surface area contributed by atoms with Gasteiger partial charge in [-0.15, -0.1) is 0 Å². The molecule has 2 nitrogen and oxygen atoms in total. The van der Waals surface area contributed by atoms with E-state index in [1.165, 1.54) is 0 Å². The summed E-state index contributed by atoms with van der Waals surface area (Å²) in [6, 6.07) is 5.39. The molecule has 0 heterocycles. The quantitative estimate of drug-likeness (QED) is 0.709. The maximum atomic E-state index is 11.3. The van der Waals surface area contributed by atoms with Crippen molar-refractivity contribution >= 4 is 17.5 Å². The van der Waals surface area contributed by atoms with E-state index in [-0.39, 0.29) is 5.91 Å². The number of amides is 1. The first kappa shape index (κ1) is 9.07. The number of hydrogen-bond acceptors (Lipinski definition) is 1. The number of benzene rings is 1. The molecule has 12 heavy (non-hydrogen) atoms. The topological polar surface area (TPSA) is 29.1 Å². The van der Waals surface area contributed by atoms with Crippen LogP contribution in [0.1, 0.15) is 15.9 Å². The SMILES string of the molecule is CNC(=O)c1c(C)cccc1Cl. The second-order valence-electron chi connectivity index (χ2n) is 2.51. The summed E-state index contributed by atoms with van der Waals surface area (Å²) < 4.78 is 0. The van der Waals surface area contributed by atoms with Gasteiger partial charge < -0.3 is 5.32 Å². The predicted octanol–water partition coefficient (Wildman–Crippen LogP) is 2.01. The summed E-state index contributed by atoms with van der Waals surface area (Å²) in [4.78, 5) is 11.3. The van der Waals surface area contributed by atoms with Crippen molar-refractivity contribution in [2.45, 2.75) is 6.92 Å². The summed E-state index contributed by atoms with van der Waals surface area (Å²) in [6.45, 7) is 1.86. The molecule has 1 amide bonds. The maximum Gasteiger partial charge on any atom is 0.252 e.